The third kappa shape index (κ3) is 4.89. The maximum Gasteiger partial charge on any atom is 0.180 e. The molecule has 0 bridgehead atoms. The zero-order chi connectivity index (χ0) is 25.7. The van der Waals surface area contributed by atoms with E-state index in [1.165, 1.54) is 16.8 Å². The molecule has 3 heterocycles. The number of nitrogens with zero attached hydrogens (tertiary/aromatic N) is 5. The second-order valence-electron chi connectivity index (χ2n) is 9.87. The van der Waals surface area contributed by atoms with Crippen molar-refractivity contribution in [3.8, 4) is 22.5 Å². The summed E-state index contributed by atoms with van der Waals surface area (Å²) in [7, 11) is 0. The van der Waals surface area contributed by atoms with Crippen molar-refractivity contribution in [2.45, 2.75) is 57.8 Å². The van der Waals surface area contributed by atoms with E-state index in [9.17, 15) is 0 Å². The molecule has 0 saturated heterocycles. The molecule has 192 valence electrons. The van der Waals surface area contributed by atoms with Gasteiger partial charge in [-0.1, -0.05) is 92.2 Å². The molecule has 5 aromatic rings. The third-order valence-electron chi connectivity index (χ3n) is 7.43. The number of hydrogen-bond acceptors (Lipinski definition) is 5. The Labute approximate surface area is 222 Å². The van der Waals surface area contributed by atoms with Gasteiger partial charge in [0.1, 0.15) is 5.82 Å². The normalized spacial score (nSPS) is 16.9. The molecule has 2 unspecified atom stereocenters. The van der Waals surface area contributed by atoms with E-state index >= 15 is 0 Å². The molecule has 0 aliphatic carbocycles. The van der Waals surface area contributed by atoms with Crippen LogP contribution in [0, 0.1) is 0 Å². The Hall–Kier alpha value is -4.10. The zero-order valence-corrected chi connectivity index (χ0v) is 21.6. The number of fused-ring (bicyclic) bond motifs is 1. The second kappa shape index (κ2) is 11.1. The van der Waals surface area contributed by atoms with Crippen molar-refractivity contribution in [2.24, 2.45) is 0 Å². The molecule has 2 aromatic heterocycles. The molecule has 38 heavy (non-hydrogen) atoms. The van der Waals surface area contributed by atoms with Crippen LogP contribution in [0.15, 0.2) is 85.1 Å². The minimum atomic E-state index is 0.0518. The fourth-order valence-corrected chi connectivity index (χ4v) is 5.47. The van der Waals surface area contributed by atoms with E-state index in [4.69, 9.17) is 9.72 Å². The molecule has 2 atom stereocenters. The van der Waals surface area contributed by atoms with Crippen molar-refractivity contribution in [2.75, 3.05) is 0 Å². The number of ether oxygens (including phenoxy) is 1. The highest BCUT2D eigenvalue weighted by Gasteiger charge is 2.31. The summed E-state index contributed by atoms with van der Waals surface area (Å²) < 4.78 is 8.90. The molecular formula is C31H32N6O. The first-order chi connectivity index (χ1) is 18.8. The van der Waals surface area contributed by atoms with Gasteiger partial charge in [0.05, 0.1) is 30.6 Å². The number of hydrogen-bond donors (Lipinski definition) is 1. The lowest BCUT2D eigenvalue weighted by molar-refractivity contribution is 0.0160. The molecule has 6 rings (SSSR count). The summed E-state index contributed by atoms with van der Waals surface area (Å²) in [5.41, 5.74) is 6.91. The maximum absolute atomic E-state index is 6.44. The van der Waals surface area contributed by atoms with E-state index in [0.29, 0.717) is 12.4 Å². The highest BCUT2D eigenvalue weighted by atomic mass is 16.5. The van der Waals surface area contributed by atoms with Crippen LogP contribution in [0.2, 0.25) is 0 Å². The minimum Gasteiger partial charge on any atom is -0.367 e. The average Bonchev–Trinajstić information content (AvgIpc) is 3.67. The van der Waals surface area contributed by atoms with Crippen molar-refractivity contribution in [3.63, 3.8) is 0 Å². The Morgan fingerprint density at radius 2 is 1.71 bits per heavy atom. The molecule has 0 spiro atoms. The van der Waals surface area contributed by atoms with Gasteiger partial charge in [-0.15, -0.1) is 5.10 Å². The Kier molecular flexibility index (Phi) is 7.09. The number of H-pyrrole nitrogens is 1. The predicted molar refractivity (Wildman–Crippen MR) is 147 cm³/mol. The van der Waals surface area contributed by atoms with Crippen LogP contribution in [-0.2, 0) is 17.8 Å². The molecule has 1 aliphatic heterocycles. The molecule has 1 aliphatic rings. The van der Waals surface area contributed by atoms with E-state index in [1.807, 2.05) is 30.5 Å². The van der Waals surface area contributed by atoms with Gasteiger partial charge in [0.15, 0.2) is 5.82 Å². The maximum atomic E-state index is 6.44. The van der Waals surface area contributed by atoms with Crippen molar-refractivity contribution in [1.82, 2.24) is 30.2 Å². The standard InChI is InChI=1S/C31H32N6O/c1-2-3-13-30-32-20-28-29(38-21-22-9-5-4-6-10-22)19-18-27(37(28)30)24-16-14-23(15-17-24)25-11-7-8-12-26(25)31-33-35-36-34-31/h4-12,14-17,20,27,29H,2-3,13,18-19,21H2,1H3,(H,33,34,35,36). The van der Waals surface area contributed by atoms with E-state index in [1.54, 1.807) is 0 Å². The number of tetrazole rings is 1. The van der Waals surface area contributed by atoms with E-state index < -0.39 is 0 Å². The van der Waals surface area contributed by atoms with E-state index in [2.05, 4.69) is 86.7 Å². The van der Waals surface area contributed by atoms with Crippen LogP contribution in [0.3, 0.4) is 0 Å². The lowest BCUT2D eigenvalue weighted by Gasteiger charge is -2.33. The number of nitrogens with one attached hydrogen (secondary N) is 1. The van der Waals surface area contributed by atoms with Gasteiger partial charge in [0.25, 0.3) is 0 Å². The van der Waals surface area contributed by atoms with Crippen molar-refractivity contribution < 1.29 is 4.74 Å². The van der Waals surface area contributed by atoms with Gasteiger partial charge >= 0.3 is 0 Å². The van der Waals surface area contributed by atoms with Crippen molar-refractivity contribution in [1.29, 1.82) is 0 Å². The van der Waals surface area contributed by atoms with Gasteiger partial charge in [-0.05, 0) is 51.9 Å². The van der Waals surface area contributed by atoms with Crippen LogP contribution in [0.1, 0.15) is 67.4 Å². The summed E-state index contributed by atoms with van der Waals surface area (Å²) in [6.45, 7) is 2.84. The second-order valence-corrected chi connectivity index (χ2v) is 9.87. The number of aryl methyl sites for hydroxylation is 1. The zero-order valence-electron chi connectivity index (χ0n) is 21.6. The van der Waals surface area contributed by atoms with Crippen LogP contribution in [0.5, 0.6) is 0 Å². The lowest BCUT2D eigenvalue weighted by Crippen LogP contribution is -2.25. The Bertz CT molecular complexity index is 1460. The van der Waals surface area contributed by atoms with Crippen LogP contribution in [0.4, 0.5) is 0 Å². The topological polar surface area (TPSA) is 81.5 Å². The van der Waals surface area contributed by atoms with Crippen molar-refractivity contribution in [3.05, 3.63) is 108 Å². The molecule has 3 aromatic carbocycles. The smallest absolute Gasteiger partial charge is 0.180 e. The Balaban J connectivity index is 1.29. The highest BCUT2D eigenvalue weighted by Crippen LogP contribution is 2.40. The van der Waals surface area contributed by atoms with Gasteiger partial charge < -0.3 is 9.30 Å². The van der Waals surface area contributed by atoms with E-state index in [0.717, 1.165) is 54.6 Å². The van der Waals surface area contributed by atoms with Crippen LogP contribution >= 0.6 is 0 Å². The Morgan fingerprint density at radius 3 is 2.47 bits per heavy atom. The first kappa shape index (κ1) is 24.2. The molecule has 1 N–H and O–H groups in total. The SMILES string of the molecule is CCCCc1ncc2n1C(c1ccc(-c3ccccc3-c3nnn[nH]3)cc1)CCC2OCc1ccccc1. The van der Waals surface area contributed by atoms with Gasteiger partial charge in [-0.3, -0.25) is 0 Å². The highest BCUT2D eigenvalue weighted by molar-refractivity contribution is 5.80. The van der Waals surface area contributed by atoms with Crippen LogP contribution in [0.25, 0.3) is 22.5 Å². The van der Waals surface area contributed by atoms with Gasteiger partial charge in [0.2, 0.25) is 0 Å². The van der Waals surface area contributed by atoms with Crippen LogP contribution < -0.4 is 0 Å². The monoisotopic (exact) mass is 504 g/mol. The molecule has 0 saturated carbocycles. The fraction of sp³-hybridized carbons (Fsp3) is 0.290. The van der Waals surface area contributed by atoms with Gasteiger partial charge in [-0.2, -0.15) is 0 Å². The number of imidazole rings is 1. The summed E-state index contributed by atoms with van der Waals surface area (Å²) in [4.78, 5) is 4.88. The largest absolute Gasteiger partial charge is 0.367 e. The molecule has 7 nitrogen and oxygen atoms in total. The number of aromatic nitrogens is 6. The summed E-state index contributed by atoms with van der Waals surface area (Å²) >= 11 is 0. The first-order valence-electron chi connectivity index (χ1n) is 13.5. The molecular weight excluding hydrogens is 472 g/mol. The van der Waals surface area contributed by atoms with Crippen molar-refractivity contribution >= 4 is 0 Å². The minimum absolute atomic E-state index is 0.0518. The summed E-state index contributed by atoms with van der Waals surface area (Å²) in [5, 5.41) is 14.5. The van der Waals surface area contributed by atoms with Gasteiger partial charge in [-0.25, -0.2) is 10.1 Å². The van der Waals surface area contributed by atoms with Crippen LogP contribution in [-0.4, -0.2) is 30.2 Å². The van der Waals surface area contributed by atoms with Gasteiger partial charge in [0, 0.05) is 12.0 Å². The number of unbranched alkanes of at least 4 members (excludes halogenated alkanes) is 1. The predicted octanol–water partition coefficient (Wildman–Crippen LogP) is 6.71. The first-order valence-corrected chi connectivity index (χ1v) is 13.5. The molecule has 7 heteroatoms. The number of aromatic amines is 1. The van der Waals surface area contributed by atoms with E-state index in [-0.39, 0.29) is 12.1 Å². The number of rotatable bonds is 9. The Morgan fingerprint density at radius 1 is 0.921 bits per heavy atom. The number of benzene rings is 3. The summed E-state index contributed by atoms with van der Waals surface area (Å²) in [5.74, 6) is 1.83. The average molecular weight is 505 g/mol. The molecule has 0 radical (unpaired) electrons. The lowest BCUT2D eigenvalue weighted by atomic mass is 9.92. The summed E-state index contributed by atoms with van der Waals surface area (Å²) in [6, 6.07) is 27.8. The summed E-state index contributed by atoms with van der Waals surface area (Å²) in [6.07, 6.45) is 7.34. The molecule has 0 fully saturated rings. The fourth-order valence-electron chi connectivity index (χ4n) is 5.47. The molecule has 0 amide bonds. The quantitative estimate of drug-likeness (QED) is 0.241. The third-order valence-corrected chi connectivity index (χ3v) is 7.43.